The number of nitrogens with zero attached hydrogens (tertiary/aromatic N) is 1. The van der Waals surface area contributed by atoms with Crippen molar-refractivity contribution in [1.29, 1.82) is 0 Å². The minimum Gasteiger partial charge on any atom is -0.481 e. The van der Waals surface area contributed by atoms with Crippen LogP contribution in [0.3, 0.4) is 0 Å². The van der Waals surface area contributed by atoms with E-state index in [1.54, 1.807) is 11.3 Å². The zero-order valence-electron chi connectivity index (χ0n) is 13.9. The maximum atomic E-state index is 12.5. The van der Waals surface area contributed by atoms with Crippen LogP contribution in [0.5, 0.6) is 0 Å². The normalized spacial score (nSPS) is 30.4. The van der Waals surface area contributed by atoms with Crippen LogP contribution in [0.1, 0.15) is 23.6 Å². The number of likely N-dealkylation sites (tertiary alicyclic amines) is 1. The van der Waals surface area contributed by atoms with Crippen molar-refractivity contribution in [3.63, 3.8) is 0 Å². The van der Waals surface area contributed by atoms with Crippen molar-refractivity contribution >= 4 is 23.2 Å². The maximum Gasteiger partial charge on any atom is 0.307 e. The fraction of sp³-hybridized carbons (Fsp3) is 0.556. The number of thiophene rings is 1. The van der Waals surface area contributed by atoms with Gasteiger partial charge in [0.15, 0.2) is 0 Å². The number of carbonyl (C=O) groups excluding carboxylic acids is 1. The second kappa shape index (κ2) is 7.49. The number of aliphatic carboxylic acids is 1. The van der Waals surface area contributed by atoms with E-state index in [1.807, 2.05) is 12.2 Å². The molecule has 1 amide bonds. The lowest BCUT2D eigenvalue weighted by atomic mass is 9.82. The number of carboxylic acid groups (broad SMARTS) is 1. The summed E-state index contributed by atoms with van der Waals surface area (Å²) >= 11 is 1.77. The minimum absolute atomic E-state index is 0.119. The predicted octanol–water partition coefficient (Wildman–Crippen LogP) is 2.18. The number of nitrogens with one attached hydrogen (secondary N) is 1. The molecule has 2 aliphatic rings. The molecule has 1 aliphatic carbocycles. The Morgan fingerprint density at radius 1 is 1.29 bits per heavy atom. The van der Waals surface area contributed by atoms with Gasteiger partial charge in [-0.05, 0) is 37.3 Å². The van der Waals surface area contributed by atoms with Crippen LogP contribution in [0.25, 0.3) is 0 Å². The van der Waals surface area contributed by atoms with Gasteiger partial charge >= 0.3 is 5.97 Å². The number of amides is 1. The second-order valence-electron chi connectivity index (χ2n) is 6.84. The molecular formula is C18H24N2O3S. The molecule has 1 aliphatic heterocycles. The molecule has 5 nitrogen and oxygen atoms in total. The highest BCUT2D eigenvalue weighted by Crippen LogP contribution is 2.34. The van der Waals surface area contributed by atoms with Crippen LogP contribution < -0.4 is 5.32 Å². The van der Waals surface area contributed by atoms with Crippen LogP contribution in [0.2, 0.25) is 0 Å². The molecule has 0 bridgehead atoms. The van der Waals surface area contributed by atoms with Crippen molar-refractivity contribution in [3.05, 3.63) is 34.5 Å². The third-order valence-electron chi connectivity index (χ3n) is 5.16. The molecule has 2 heterocycles. The summed E-state index contributed by atoms with van der Waals surface area (Å²) in [7, 11) is 2.11. The summed E-state index contributed by atoms with van der Waals surface area (Å²) in [4.78, 5) is 27.5. The fourth-order valence-electron chi connectivity index (χ4n) is 3.86. The average molecular weight is 348 g/mol. The Hall–Kier alpha value is -1.66. The average Bonchev–Trinajstić information content (AvgIpc) is 3.21. The Kier molecular flexibility index (Phi) is 5.36. The molecule has 4 unspecified atom stereocenters. The largest absolute Gasteiger partial charge is 0.481 e. The van der Waals surface area contributed by atoms with Gasteiger partial charge in [0.2, 0.25) is 5.91 Å². The van der Waals surface area contributed by atoms with Crippen LogP contribution in [0, 0.1) is 17.8 Å². The van der Waals surface area contributed by atoms with Crippen LogP contribution in [-0.2, 0) is 9.59 Å². The van der Waals surface area contributed by atoms with Gasteiger partial charge in [0.1, 0.15) is 0 Å². The van der Waals surface area contributed by atoms with Crippen LogP contribution in [0.4, 0.5) is 0 Å². The Morgan fingerprint density at radius 3 is 2.71 bits per heavy atom. The van der Waals surface area contributed by atoms with Crippen molar-refractivity contribution in [2.45, 2.75) is 18.8 Å². The lowest BCUT2D eigenvalue weighted by Gasteiger charge is -2.25. The summed E-state index contributed by atoms with van der Waals surface area (Å²) in [6, 6.07) is 4.23. The summed E-state index contributed by atoms with van der Waals surface area (Å²) in [6.45, 7) is 2.57. The van der Waals surface area contributed by atoms with Crippen molar-refractivity contribution in [1.82, 2.24) is 10.2 Å². The molecule has 1 saturated heterocycles. The highest BCUT2D eigenvalue weighted by atomic mass is 32.1. The Balaban J connectivity index is 1.61. The first-order valence-corrected chi connectivity index (χ1v) is 9.31. The van der Waals surface area contributed by atoms with E-state index >= 15 is 0 Å². The molecule has 4 atom stereocenters. The molecule has 1 fully saturated rings. The second-order valence-corrected chi connectivity index (χ2v) is 7.82. The van der Waals surface area contributed by atoms with E-state index < -0.39 is 17.8 Å². The molecule has 130 valence electrons. The van der Waals surface area contributed by atoms with E-state index in [0.717, 1.165) is 13.1 Å². The van der Waals surface area contributed by atoms with Gasteiger partial charge < -0.3 is 15.3 Å². The molecule has 0 saturated carbocycles. The van der Waals surface area contributed by atoms with Crippen LogP contribution in [-0.4, -0.2) is 48.6 Å². The summed E-state index contributed by atoms with van der Waals surface area (Å²) in [6.07, 6.45) is 4.74. The Labute approximate surface area is 146 Å². The fourth-order valence-corrected chi connectivity index (χ4v) is 4.77. The predicted molar refractivity (Wildman–Crippen MR) is 94.0 cm³/mol. The monoisotopic (exact) mass is 348 g/mol. The first-order chi connectivity index (χ1) is 11.6. The molecule has 2 N–H and O–H groups in total. The van der Waals surface area contributed by atoms with Gasteiger partial charge in [-0.1, -0.05) is 18.2 Å². The van der Waals surface area contributed by atoms with Gasteiger partial charge in [-0.25, -0.2) is 0 Å². The SMILES string of the molecule is CN1CC(CNC(=O)C2CC=CCC2C(=O)O)C(c2cccs2)C1. The number of hydrogen-bond acceptors (Lipinski definition) is 4. The van der Waals surface area contributed by atoms with Gasteiger partial charge in [-0.15, -0.1) is 11.3 Å². The quantitative estimate of drug-likeness (QED) is 0.800. The van der Waals surface area contributed by atoms with Gasteiger partial charge in [0.25, 0.3) is 0 Å². The number of rotatable bonds is 5. The molecular weight excluding hydrogens is 324 g/mol. The van der Waals surface area contributed by atoms with E-state index in [1.165, 1.54) is 4.88 Å². The number of carbonyl (C=O) groups is 2. The number of likely N-dealkylation sites (N-methyl/N-ethyl adjacent to an activating group) is 1. The lowest BCUT2D eigenvalue weighted by Crippen LogP contribution is -2.41. The molecule has 1 aromatic heterocycles. The number of hydrogen-bond donors (Lipinski definition) is 2. The van der Waals surface area contributed by atoms with E-state index in [4.69, 9.17) is 0 Å². The van der Waals surface area contributed by atoms with E-state index in [0.29, 0.717) is 31.2 Å². The van der Waals surface area contributed by atoms with Crippen LogP contribution in [0.15, 0.2) is 29.7 Å². The minimum atomic E-state index is -0.878. The van der Waals surface area contributed by atoms with Crippen molar-refractivity contribution < 1.29 is 14.7 Å². The highest BCUT2D eigenvalue weighted by molar-refractivity contribution is 7.10. The lowest BCUT2D eigenvalue weighted by molar-refractivity contribution is -0.147. The highest BCUT2D eigenvalue weighted by Gasteiger charge is 2.36. The molecule has 0 aromatic carbocycles. The maximum absolute atomic E-state index is 12.5. The molecule has 24 heavy (non-hydrogen) atoms. The van der Waals surface area contributed by atoms with Crippen molar-refractivity contribution in [2.75, 3.05) is 26.7 Å². The third-order valence-corrected chi connectivity index (χ3v) is 6.16. The van der Waals surface area contributed by atoms with Gasteiger partial charge in [-0.2, -0.15) is 0 Å². The molecule has 3 rings (SSSR count). The standard InChI is InChI=1S/C18H24N2O3S/c1-20-10-12(15(11-20)16-7-4-8-24-16)9-19-17(21)13-5-2-3-6-14(13)18(22)23/h2-4,7-8,12-15H,5-6,9-11H2,1H3,(H,19,21)(H,22,23). The third kappa shape index (κ3) is 3.70. The summed E-state index contributed by atoms with van der Waals surface area (Å²) in [5, 5.41) is 14.4. The number of allylic oxidation sites excluding steroid dienone is 2. The molecule has 0 spiro atoms. The zero-order chi connectivity index (χ0) is 17.1. The van der Waals surface area contributed by atoms with E-state index in [9.17, 15) is 14.7 Å². The topological polar surface area (TPSA) is 69.6 Å². The Bertz CT molecular complexity index is 614. The van der Waals surface area contributed by atoms with Crippen LogP contribution >= 0.6 is 11.3 Å². The van der Waals surface area contributed by atoms with Crippen molar-refractivity contribution in [3.8, 4) is 0 Å². The van der Waals surface area contributed by atoms with E-state index in [-0.39, 0.29) is 5.91 Å². The van der Waals surface area contributed by atoms with Gasteiger partial charge in [0, 0.05) is 30.4 Å². The zero-order valence-corrected chi connectivity index (χ0v) is 14.7. The first kappa shape index (κ1) is 17.2. The summed E-state index contributed by atoms with van der Waals surface area (Å²) in [5.41, 5.74) is 0. The summed E-state index contributed by atoms with van der Waals surface area (Å²) in [5.74, 6) is -1.24. The first-order valence-electron chi connectivity index (χ1n) is 8.43. The van der Waals surface area contributed by atoms with Crippen molar-refractivity contribution in [2.24, 2.45) is 17.8 Å². The molecule has 0 radical (unpaired) electrons. The van der Waals surface area contributed by atoms with E-state index in [2.05, 4.69) is 34.8 Å². The molecule has 1 aromatic rings. The van der Waals surface area contributed by atoms with Gasteiger partial charge in [0.05, 0.1) is 11.8 Å². The Morgan fingerprint density at radius 2 is 2.04 bits per heavy atom. The number of carboxylic acids is 1. The molecule has 6 heteroatoms. The van der Waals surface area contributed by atoms with Gasteiger partial charge in [-0.3, -0.25) is 9.59 Å². The summed E-state index contributed by atoms with van der Waals surface area (Å²) < 4.78 is 0. The smallest absolute Gasteiger partial charge is 0.307 e.